The Balaban J connectivity index is 1.83. The minimum Gasteiger partial charge on any atom is -0.350 e. The normalized spacial score (nSPS) is 10.2. The number of hydrogen-bond acceptors (Lipinski definition) is 2. The molecule has 120 valence electrons. The molecule has 0 heterocycles. The first-order valence-electron chi connectivity index (χ1n) is 6.75. The first-order chi connectivity index (χ1) is 11.0. The number of carbonyl (C=O) groups excluding carboxylic acids is 2. The van der Waals surface area contributed by atoms with E-state index in [0.29, 0.717) is 21.2 Å². The van der Waals surface area contributed by atoms with E-state index >= 15 is 0 Å². The summed E-state index contributed by atoms with van der Waals surface area (Å²) in [4.78, 5) is 24.0. The van der Waals surface area contributed by atoms with Gasteiger partial charge in [0.15, 0.2) is 0 Å². The molecular formula is C16H13BrCl2N2O2. The summed E-state index contributed by atoms with van der Waals surface area (Å²) in [5.41, 5.74) is 0.772. The molecule has 2 aromatic rings. The number of benzene rings is 2. The lowest BCUT2D eigenvalue weighted by Gasteiger charge is -2.09. The fraction of sp³-hybridized carbons (Fsp3) is 0.125. The second-order valence-electron chi connectivity index (χ2n) is 4.62. The molecule has 0 bridgehead atoms. The SMILES string of the molecule is O=C(NCCNC(=O)c1cc(Br)ccc1Cl)c1ccccc1Cl. The molecule has 0 atom stereocenters. The molecule has 0 aliphatic rings. The Hall–Kier alpha value is -1.56. The van der Waals surface area contributed by atoms with Crippen LogP contribution in [-0.4, -0.2) is 24.9 Å². The molecule has 0 spiro atoms. The molecule has 0 unspecified atom stereocenters. The van der Waals surface area contributed by atoms with Crippen LogP contribution >= 0.6 is 39.1 Å². The van der Waals surface area contributed by atoms with E-state index in [1.807, 2.05) is 0 Å². The molecule has 2 N–H and O–H groups in total. The summed E-state index contributed by atoms with van der Waals surface area (Å²) in [5, 5.41) is 6.14. The van der Waals surface area contributed by atoms with Gasteiger partial charge in [0, 0.05) is 17.6 Å². The van der Waals surface area contributed by atoms with Crippen molar-refractivity contribution in [1.82, 2.24) is 10.6 Å². The maximum absolute atomic E-state index is 12.0. The molecule has 0 saturated carbocycles. The predicted octanol–water partition coefficient (Wildman–Crippen LogP) is 3.92. The Bertz CT molecular complexity index is 738. The van der Waals surface area contributed by atoms with Crippen molar-refractivity contribution < 1.29 is 9.59 Å². The van der Waals surface area contributed by atoms with Gasteiger partial charge in [0.1, 0.15) is 0 Å². The van der Waals surface area contributed by atoms with Crippen LogP contribution in [0.25, 0.3) is 0 Å². The van der Waals surface area contributed by atoms with Gasteiger partial charge in [-0.15, -0.1) is 0 Å². The van der Waals surface area contributed by atoms with E-state index in [0.717, 1.165) is 4.47 Å². The van der Waals surface area contributed by atoms with E-state index in [4.69, 9.17) is 23.2 Å². The Kier molecular flexibility index (Phi) is 6.45. The number of hydrogen-bond donors (Lipinski definition) is 2. The molecule has 0 fully saturated rings. The van der Waals surface area contributed by atoms with Gasteiger partial charge in [-0.05, 0) is 30.3 Å². The lowest BCUT2D eigenvalue weighted by Crippen LogP contribution is -2.34. The monoisotopic (exact) mass is 414 g/mol. The third-order valence-corrected chi connectivity index (χ3v) is 4.14. The smallest absolute Gasteiger partial charge is 0.252 e. The van der Waals surface area contributed by atoms with Crippen LogP contribution in [0.2, 0.25) is 10.0 Å². The van der Waals surface area contributed by atoms with E-state index in [9.17, 15) is 9.59 Å². The predicted molar refractivity (Wildman–Crippen MR) is 95.3 cm³/mol. The molecule has 23 heavy (non-hydrogen) atoms. The minimum absolute atomic E-state index is 0.276. The van der Waals surface area contributed by atoms with Crippen molar-refractivity contribution in [3.05, 3.63) is 68.1 Å². The molecule has 0 aliphatic heterocycles. The number of amides is 2. The first-order valence-corrected chi connectivity index (χ1v) is 8.30. The third kappa shape index (κ3) is 4.96. The van der Waals surface area contributed by atoms with Crippen molar-refractivity contribution in [1.29, 1.82) is 0 Å². The third-order valence-electron chi connectivity index (χ3n) is 2.99. The maximum atomic E-state index is 12.0. The second kappa shape index (κ2) is 8.34. The molecule has 0 aliphatic carbocycles. The summed E-state index contributed by atoms with van der Waals surface area (Å²) in [7, 11) is 0. The van der Waals surface area contributed by atoms with Crippen molar-refractivity contribution in [2.75, 3.05) is 13.1 Å². The Morgan fingerprint density at radius 2 is 1.43 bits per heavy atom. The van der Waals surface area contributed by atoms with Crippen LogP contribution in [0.4, 0.5) is 0 Å². The summed E-state index contributed by atoms with van der Waals surface area (Å²) >= 11 is 15.2. The lowest BCUT2D eigenvalue weighted by atomic mass is 10.2. The zero-order valence-electron chi connectivity index (χ0n) is 11.9. The van der Waals surface area contributed by atoms with Crippen LogP contribution in [0.1, 0.15) is 20.7 Å². The summed E-state index contributed by atoms with van der Waals surface area (Å²) < 4.78 is 0.763. The molecule has 2 aromatic carbocycles. The molecule has 4 nitrogen and oxygen atoms in total. The van der Waals surface area contributed by atoms with Crippen LogP contribution in [0, 0.1) is 0 Å². The van der Waals surface area contributed by atoms with Gasteiger partial charge in [-0.25, -0.2) is 0 Å². The standard InChI is InChI=1S/C16H13BrCl2N2O2/c17-10-5-6-14(19)12(9-10)16(23)21-8-7-20-15(22)11-3-1-2-4-13(11)18/h1-6,9H,7-8H2,(H,20,22)(H,21,23). The molecular weight excluding hydrogens is 403 g/mol. The van der Waals surface area contributed by atoms with Crippen molar-refractivity contribution >= 4 is 50.9 Å². The number of carbonyl (C=O) groups is 2. The van der Waals surface area contributed by atoms with E-state index in [2.05, 4.69) is 26.6 Å². The summed E-state index contributed by atoms with van der Waals surface area (Å²) in [6, 6.07) is 11.8. The van der Waals surface area contributed by atoms with Gasteiger partial charge in [0.25, 0.3) is 11.8 Å². The average Bonchev–Trinajstić information content (AvgIpc) is 2.53. The largest absolute Gasteiger partial charge is 0.350 e. The molecule has 0 radical (unpaired) electrons. The molecule has 7 heteroatoms. The molecule has 0 saturated heterocycles. The van der Waals surface area contributed by atoms with Crippen molar-refractivity contribution in [2.45, 2.75) is 0 Å². The lowest BCUT2D eigenvalue weighted by molar-refractivity contribution is 0.0928. The van der Waals surface area contributed by atoms with E-state index in [1.54, 1.807) is 42.5 Å². The number of rotatable bonds is 5. The van der Waals surface area contributed by atoms with Crippen molar-refractivity contribution in [3.63, 3.8) is 0 Å². The highest BCUT2D eigenvalue weighted by molar-refractivity contribution is 9.10. The van der Waals surface area contributed by atoms with Crippen LogP contribution in [-0.2, 0) is 0 Å². The summed E-state index contributed by atoms with van der Waals surface area (Å²) in [5.74, 6) is -0.589. The second-order valence-corrected chi connectivity index (χ2v) is 6.35. The highest BCUT2D eigenvalue weighted by atomic mass is 79.9. The Labute approximate surface area is 152 Å². The van der Waals surface area contributed by atoms with Crippen molar-refractivity contribution in [2.24, 2.45) is 0 Å². The summed E-state index contributed by atoms with van der Waals surface area (Å²) in [6.45, 7) is 0.555. The van der Waals surface area contributed by atoms with E-state index in [-0.39, 0.29) is 24.9 Å². The Morgan fingerprint density at radius 3 is 2.09 bits per heavy atom. The topological polar surface area (TPSA) is 58.2 Å². The number of halogens is 3. The molecule has 2 amide bonds. The van der Waals surface area contributed by atoms with Gasteiger partial charge < -0.3 is 10.6 Å². The van der Waals surface area contributed by atoms with Gasteiger partial charge in [-0.1, -0.05) is 51.3 Å². The number of nitrogens with one attached hydrogen (secondary N) is 2. The van der Waals surface area contributed by atoms with Gasteiger partial charge in [0.2, 0.25) is 0 Å². The van der Waals surface area contributed by atoms with Gasteiger partial charge >= 0.3 is 0 Å². The average molecular weight is 416 g/mol. The van der Waals surface area contributed by atoms with E-state index < -0.39 is 0 Å². The van der Waals surface area contributed by atoms with Gasteiger partial charge in [-0.3, -0.25) is 9.59 Å². The Morgan fingerprint density at radius 1 is 0.870 bits per heavy atom. The van der Waals surface area contributed by atoms with Crippen LogP contribution in [0.5, 0.6) is 0 Å². The molecule has 2 rings (SSSR count). The summed E-state index contributed by atoms with van der Waals surface area (Å²) in [6.07, 6.45) is 0. The fourth-order valence-corrected chi connectivity index (χ4v) is 2.65. The zero-order valence-corrected chi connectivity index (χ0v) is 15.0. The minimum atomic E-state index is -0.303. The quantitative estimate of drug-likeness (QED) is 0.727. The van der Waals surface area contributed by atoms with Gasteiger partial charge in [0.05, 0.1) is 21.2 Å². The van der Waals surface area contributed by atoms with Crippen LogP contribution < -0.4 is 10.6 Å². The van der Waals surface area contributed by atoms with Gasteiger partial charge in [-0.2, -0.15) is 0 Å². The van der Waals surface area contributed by atoms with Crippen molar-refractivity contribution in [3.8, 4) is 0 Å². The zero-order chi connectivity index (χ0) is 16.8. The highest BCUT2D eigenvalue weighted by Crippen LogP contribution is 2.20. The van der Waals surface area contributed by atoms with Crippen LogP contribution in [0.15, 0.2) is 46.9 Å². The maximum Gasteiger partial charge on any atom is 0.252 e. The molecule has 0 aromatic heterocycles. The first kappa shape index (κ1) is 17.8. The van der Waals surface area contributed by atoms with E-state index in [1.165, 1.54) is 0 Å². The highest BCUT2D eigenvalue weighted by Gasteiger charge is 2.11. The fourth-order valence-electron chi connectivity index (χ4n) is 1.86. The van der Waals surface area contributed by atoms with Crippen LogP contribution in [0.3, 0.4) is 0 Å².